The molecule has 4 nitrogen and oxygen atoms in total. The third-order valence-corrected chi connectivity index (χ3v) is 4.45. The van der Waals surface area contributed by atoms with Crippen LogP contribution >= 0.6 is 0 Å². The number of nitrogens with zero attached hydrogens (tertiary/aromatic N) is 1. The maximum Gasteiger partial charge on any atom is 0.244 e. The van der Waals surface area contributed by atoms with Gasteiger partial charge in [0.1, 0.15) is 0 Å². The molecule has 0 bridgehead atoms. The molecule has 0 saturated carbocycles. The van der Waals surface area contributed by atoms with E-state index in [9.17, 15) is 4.79 Å². The van der Waals surface area contributed by atoms with E-state index >= 15 is 0 Å². The van der Waals surface area contributed by atoms with Crippen LogP contribution in [0.15, 0.2) is 73.1 Å². The fraction of sp³-hybridized carbons (Fsp3) is 0.0909. The quantitative estimate of drug-likeness (QED) is 0.537. The van der Waals surface area contributed by atoms with Gasteiger partial charge in [-0.2, -0.15) is 0 Å². The maximum absolute atomic E-state index is 12.1. The summed E-state index contributed by atoms with van der Waals surface area (Å²) in [6.45, 7) is 0.596. The number of fused-ring (bicyclic) bond motifs is 2. The zero-order valence-corrected chi connectivity index (χ0v) is 14.3. The molecule has 2 heterocycles. The summed E-state index contributed by atoms with van der Waals surface area (Å²) in [5, 5.41) is 5.22. The summed E-state index contributed by atoms with van der Waals surface area (Å²) in [7, 11) is 0. The Hall–Kier alpha value is -3.40. The Bertz CT molecular complexity index is 1090. The molecule has 128 valence electrons. The monoisotopic (exact) mass is 341 g/mol. The number of carbonyl (C=O) groups excluding carboxylic acids is 1. The van der Waals surface area contributed by atoms with E-state index in [-0.39, 0.29) is 5.91 Å². The van der Waals surface area contributed by atoms with Gasteiger partial charge in [-0.3, -0.25) is 9.78 Å². The third-order valence-electron chi connectivity index (χ3n) is 4.45. The molecule has 0 fully saturated rings. The van der Waals surface area contributed by atoms with Crippen molar-refractivity contribution >= 4 is 33.8 Å². The van der Waals surface area contributed by atoms with Crippen LogP contribution in [0.4, 0.5) is 0 Å². The maximum atomic E-state index is 12.1. The highest BCUT2D eigenvalue weighted by Gasteiger charge is 2.04. The fourth-order valence-electron chi connectivity index (χ4n) is 3.15. The van der Waals surface area contributed by atoms with Crippen molar-refractivity contribution in [3.8, 4) is 0 Å². The van der Waals surface area contributed by atoms with Gasteiger partial charge in [0.15, 0.2) is 0 Å². The van der Waals surface area contributed by atoms with Gasteiger partial charge in [-0.15, -0.1) is 0 Å². The predicted molar refractivity (Wildman–Crippen MR) is 106 cm³/mol. The van der Waals surface area contributed by atoms with Crippen molar-refractivity contribution in [3.05, 3.63) is 84.2 Å². The van der Waals surface area contributed by atoms with Crippen LogP contribution in [0.5, 0.6) is 0 Å². The normalized spacial score (nSPS) is 11.4. The highest BCUT2D eigenvalue weighted by Crippen LogP contribution is 2.18. The number of amides is 1. The lowest BCUT2D eigenvalue weighted by Crippen LogP contribution is -2.23. The van der Waals surface area contributed by atoms with Gasteiger partial charge >= 0.3 is 0 Å². The van der Waals surface area contributed by atoms with Gasteiger partial charge < -0.3 is 10.3 Å². The number of carbonyl (C=O) groups is 1. The van der Waals surface area contributed by atoms with Crippen molar-refractivity contribution in [1.82, 2.24) is 15.3 Å². The number of hydrogen-bond donors (Lipinski definition) is 2. The second-order valence-corrected chi connectivity index (χ2v) is 6.16. The van der Waals surface area contributed by atoms with Crippen molar-refractivity contribution in [2.45, 2.75) is 6.42 Å². The number of H-pyrrole nitrogens is 1. The number of hydrogen-bond acceptors (Lipinski definition) is 2. The van der Waals surface area contributed by atoms with Crippen LogP contribution in [0.1, 0.15) is 11.1 Å². The minimum Gasteiger partial charge on any atom is -0.361 e. The van der Waals surface area contributed by atoms with Crippen LogP contribution in [-0.4, -0.2) is 22.4 Å². The Kier molecular flexibility index (Phi) is 4.48. The SMILES string of the molecule is O=C(/C=C/c1cccc2cccnc12)NCCc1c[nH]c2ccccc12. The standard InChI is InChI=1S/C22H19N3O/c26-21(11-10-17-6-3-5-16-7-4-13-24-22(16)17)23-14-12-18-15-25-20-9-2-1-8-19(18)20/h1-11,13,15,25H,12,14H2,(H,23,26)/b11-10+. The molecule has 2 aromatic heterocycles. The predicted octanol–water partition coefficient (Wildman–Crippen LogP) is 4.09. The number of rotatable bonds is 5. The largest absolute Gasteiger partial charge is 0.361 e. The number of benzene rings is 2. The lowest BCUT2D eigenvalue weighted by atomic mass is 10.1. The molecule has 0 aliphatic heterocycles. The van der Waals surface area contributed by atoms with Gasteiger partial charge in [0.05, 0.1) is 5.52 Å². The van der Waals surface area contributed by atoms with Gasteiger partial charge in [0, 0.05) is 46.9 Å². The van der Waals surface area contributed by atoms with E-state index < -0.39 is 0 Å². The Morgan fingerprint density at radius 1 is 1.08 bits per heavy atom. The first-order valence-corrected chi connectivity index (χ1v) is 8.66. The van der Waals surface area contributed by atoms with E-state index in [1.807, 2.05) is 54.7 Å². The second-order valence-electron chi connectivity index (χ2n) is 6.16. The van der Waals surface area contributed by atoms with Crippen LogP contribution in [0.25, 0.3) is 27.9 Å². The van der Waals surface area contributed by atoms with Gasteiger partial charge in [-0.05, 0) is 30.2 Å². The van der Waals surface area contributed by atoms with Crippen LogP contribution in [0.3, 0.4) is 0 Å². The molecule has 0 aliphatic rings. The van der Waals surface area contributed by atoms with E-state index in [1.54, 1.807) is 12.3 Å². The number of para-hydroxylation sites is 2. The molecule has 0 aliphatic carbocycles. The Labute approximate surface area is 151 Å². The number of nitrogens with one attached hydrogen (secondary N) is 2. The molecule has 4 rings (SSSR count). The van der Waals surface area contributed by atoms with Crippen LogP contribution in [0, 0.1) is 0 Å². The molecule has 2 N–H and O–H groups in total. The first-order valence-electron chi connectivity index (χ1n) is 8.66. The average molecular weight is 341 g/mol. The molecule has 0 saturated heterocycles. The molecule has 4 aromatic rings. The Morgan fingerprint density at radius 2 is 1.96 bits per heavy atom. The van der Waals surface area contributed by atoms with E-state index in [4.69, 9.17) is 0 Å². The topological polar surface area (TPSA) is 57.8 Å². The smallest absolute Gasteiger partial charge is 0.244 e. The van der Waals surface area contributed by atoms with E-state index in [0.717, 1.165) is 28.4 Å². The zero-order chi connectivity index (χ0) is 17.8. The molecule has 4 heteroatoms. The summed E-state index contributed by atoms with van der Waals surface area (Å²) in [5.74, 6) is -0.0993. The molecule has 0 unspecified atom stereocenters. The van der Waals surface area contributed by atoms with Gasteiger partial charge in [0.2, 0.25) is 5.91 Å². The van der Waals surface area contributed by atoms with Crippen molar-refractivity contribution < 1.29 is 4.79 Å². The number of aromatic nitrogens is 2. The minimum atomic E-state index is -0.0993. The van der Waals surface area contributed by atoms with Crippen molar-refractivity contribution in [2.75, 3.05) is 6.54 Å². The summed E-state index contributed by atoms with van der Waals surface area (Å²) in [6, 6.07) is 18.1. The van der Waals surface area contributed by atoms with Crippen LogP contribution in [0.2, 0.25) is 0 Å². The molecule has 2 aromatic carbocycles. The van der Waals surface area contributed by atoms with Gasteiger partial charge in [0.25, 0.3) is 0 Å². The lowest BCUT2D eigenvalue weighted by Gasteiger charge is -2.03. The molecular weight excluding hydrogens is 322 g/mol. The van der Waals surface area contributed by atoms with E-state index in [0.29, 0.717) is 6.54 Å². The molecule has 1 amide bonds. The molecule has 0 atom stereocenters. The molecular formula is C22H19N3O. The van der Waals surface area contributed by atoms with Gasteiger partial charge in [-0.25, -0.2) is 0 Å². The average Bonchev–Trinajstić information content (AvgIpc) is 3.09. The molecule has 0 spiro atoms. The zero-order valence-electron chi connectivity index (χ0n) is 14.3. The van der Waals surface area contributed by atoms with Crippen molar-refractivity contribution in [2.24, 2.45) is 0 Å². The van der Waals surface area contributed by atoms with E-state index in [2.05, 4.69) is 27.4 Å². The summed E-state index contributed by atoms with van der Waals surface area (Å²) in [5.41, 5.74) is 4.17. The van der Waals surface area contributed by atoms with Crippen LogP contribution in [-0.2, 0) is 11.2 Å². The fourth-order valence-corrected chi connectivity index (χ4v) is 3.15. The first kappa shape index (κ1) is 16.1. The second kappa shape index (κ2) is 7.23. The summed E-state index contributed by atoms with van der Waals surface area (Å²) >= 11 is 0. The molecule has 26 heavy (non-hydrogen) atoms. The molecule has 0 radical (unpaired) electrons. The summed E-state index contributed by atoms with van der Waals surface area (Å²) in [6.07, 6.45) is 7.95. The van der Waals surface area contributed by atoms with Gasteiger partial charge in [-0.1, -0.05) is 42.5 Å². The lowest BCUT2D eigenvalue weighted by molar-refractivity contribution is -0.116. The highest BCUT2D eigenvalue weighted by molar-refractivity contribution is 5.95. The highest BCUT2D eigenvalue weighted by atomic mass is 16.1. The number of pyridine rings is 1. The summed E-state index contributed by atoms with van der Waals surface area (Å²) in [4.78, 5) is 19.8. The van der Waals surface area contributed by atoms with E-state index in [1.165, 1.54) is 10.9 Å². The van der Waals surface area contributed by atoms with Crippen molar-refractivity contribution in [1.29, 1.82) is 0 Å². The Balaban J connectivity index is 1.38. The minimum absolute atomic E-state index is 0.0993. The first-order chi connectivity index (χ1) is 12.8. The Morgan fingerprint density at radius 3 is 2.92 bits per heavy atom. The number of aromatic amines is 1. The third kappa shape index (κ3) is 3.35. The van der Waals surface area contributed by atoms with Crippen molar-refractivity contribution in [3.63, 3.8) is 0 Å². The van der Waals surface area contributed by atoms with Crippen LogP contribution < -0.4 is 5.32 Å². The summed E-state index contributed by atoms with van der Waals surface area (Å²) < 4.78 is 0.